The van der Waals surface area contributed by atoms with Crippen LogP contribution in [0.5, 0.6) is 0 Å². The van der Waals surface area contributed by atoms with Crippen LogP contribution in [0.1, 0.15) is 29.1 Å². The molecular formula is C14H17N3O2S. The molecule has 2 rings (SSSR count). The highest BCUT2D eigenvalue weighted by molar-refractivity contribution is 7.10. The summed E-state index contributed by atoms with van der Waals surface area (Å²) >= 11 is 1.41. The first-order valence-electron chi connectivity index (χ1n) is 6.34. The fourth-order valence-electron chi connectivity index (χ4n) is 2.06. The molecule has 106 valence electrons. The van der Waals surface area contributed by atoms with Crippen LogP contribution in [0.4, 0.5) is 0 Å². The molecule has 2 heterocycles. The normalized spacial score (nSPS) is 17.1. The van der Waals surface area contributed by atoms with Gasteiger partial charge in [0.15, 0.2) is 0 Å². The molecule has 6 heteroatoms. The van der Waals surface area contributed by atoms with Crippen molar-refractivity contribution in [2.45, 2.75) is 19.4 Å². The smallest absolute Gasteiger partial charge is 0.255 e. The zero-order chi connectivity index (χ0) is 14.8. The largest absolute Gasteiger partial charge is 0.352 e. The predicted molar refractivity (Wildman–Crippen MR) is 78.4 cm³/mol. The highest BCUT2D eigenvalue weighted by Crippen LogP contribution is 2.23. The lowest BCUT2D eigenvalue weighted by atomic mass is 9.98. The summed E-state index contributed by atoms with van der Waals surface area (Å²) in [5, 5.41) is 4.54. The molecule has 0 atom stereocenters. The number of nitrogens with two attached hydrogens (primary N) is 1. The Kier molecular flexibility index (Phi) is 4.12. The summed E-state index contributed by atoms with van der Waals surface area (Å²) < 4.78 is 0. The maximum Gasteiger partial charge on any atom is 0.255 e. The molecule has 1 aromatic heterocycles. The minimum absolute atomic E-state index is 0.129. The highest BCUT2D eigenvalue weighted by Gasteiger charge is 2.40. The molecule has 5 nitrogen and oxygen atoms in total. The minimum atomic E-state index is -0.833. The van der Waals surface area contributed by atoms with Crippen LogP contribution in [0.3, 0.4) is 0 Å². The summed E-state index contributed by atoms with van der Waals surface area (Å²) in [6.45, 7) is 4.79. The van der Waals surface area contributed by atoms with Gasteiger partial charge in [-0.1, -0.05) is 11.8 Å². The van der Waals surface area contributed by atoms with E-state index < -0.39 is 5.54 Å². The molecule has 2 amide bonds. The van der Waals surface area contributed by atoms with Gasteiger partial charge in [0.05, 0.1) is 17.0 Å². The quantitative estimate of drug-likeness (QED) is 0.736. The first kappa shape index (κ1) is 14.6. The molecule has 0 saturated carbocycles. The molecule has 0 aliphatic carbocycles. The van der Waals surface area contributed by atoms with E-state index >= 15 is 0 Å². The second-order valence-corrected chi connectivity index (χ2v) is 5.89. The van der Waals surface area contributed by atoms with Crippen LogP contribution in [0, 0.1) is 11.8 Å². The molecule has 0 spiro atoms. The van der Waals surface area contributed by atoms with Crippen molar-refractivity contribution in [3.8, 4) is 11.8 Å². The zero-order valence-corrected chi connectivity index (χ0v) is 12.3. The van der Waals surface area contributed by atoms with E-state index in [1.54, 1.807) is 30.2 Å². The van der Waals surface area contributed by atoms with Gasteiger partial charge in [-0.25, -0.2) is 0 Å². The van der Waals surface area contributed by atoms with Crippen LogP contribution in [-0.2, 0) is 4.79 Å². The monoisotopic (exact) mass is 291 g/mol. The number of nitrogens with one attached hydrogen (secondary N) is 1. The SMILES string of the molecule is CC1(C)C(=O)NCCN1C(=O)c1csc(C#CCN)c1. The van der Waals surface area contributed by atoms with Crippen molar-refractivity contribution < 1.29 is 9.59 Å². The third kappa shape index (κ3) is 2.69. The lowest BCUT2D eigenvalue weighted by molar-refractivity contribution is -0.133. The van der Waals surface area contributed by atoms with Crippen LogP contribution in [0.15, 0.2) is 11.4 Å². The highest BCUT2D eigenvalue weighted by atomic mass is 32.1. The molecule has 1 aromatic rings. The number of nitrogens with zero attached hydrogens (tertiary/aromatic N) is 1. The van der Waals surface area contributed by atoms with Crippen molar-refractivity contribution in [3.63, 3.8) is 0 Å². The van der Waals surface area contributed by atoms with E-state index in [1.165, 1.54) is 11.3 Å². The molecule has 0 unspecified atom stereocenters. The Labute approximate surface area is 122 Å². The van der Waals surface area contributed by atoms with Gasteiger partial charge in [0.1, 0.15) is 5.54 Å². The fraction of sp³-hybridized carbons (Fsp3) is 0.429. The van der Waals surface area contributed by atoms with Gasteiger partial charge in [-0.05, 0) is 19.9 Å². The summed E-state index contributed by atoms with van der Waals surface area (Å²) in [6, 6.07) is 1.75. The molecule has 1 saturated heterocycles. The van der Waals surface area contributed by atoms with Gasteiger partial charge in [0, 0.05) is 18.5 Å². The van der Waals surface area contributed by atoms with E-state index in [0.29, 0.717) is 25.2 Å². The van der Waals surface area contributed by atoms with E-state index in [0.717, 1.165) is 4.88 Å². The molecule has 0 aromatic carbocycles. The van der Waals surface area contributed by atoms with Gasteiger partial charge in [0.25, 0.3) is 5.91 Å². The van der Waals surface area contributed by atoms with Gasteiger partial charge in [0.2, 0.25) is 5.91 Å². The van der Waals surface area contributed by atoms with Crippen LogP contribution in [-0.4, -0.2) is 41.9 Å². The van der Waals surface area contributed by atoms with Crippen molar-refractivity contribution >= 4 is 23.2 Å². The average Bonchev–Trinajstić information content (AvgIpc) is 2.87. The third-order valence-electron chi connectivity index (χ3n) is 3.26. The fourth-order valence-corrected chi connectivity index (χ4v) is 2.81. The standard InChI is InChI=1S/C14H17N3O2S/c1-14(2)13(19)16-6-7-17(14)12(18)10-8-11(20-9-10)4-3-5-15/h8-9H,5-7,15H2,1-2H3,(H,16,19). The van der Waals surface area contributed by atoms with E-state index in [9.17, 15) is 9.59 Å². The Morgan fingerprint density at radius 1 is 1.60 bits per heavy atom. The second kappa shape index (κ2) is 5.65. The first-order chi connectivity index (χ1) is 9.46. The van der Waals surface area contributed by atoms with Gasteiger partial charge >= 0.3 is 0 Å². The average molecular weight is 291 g/mol. The number of amides is 2. The van der Waals surface area contributed by atoms with Crippen LogP contribution < -0.4 is 11.1 Å². The van der Waals surface area contributed by atoms with Gasteiger partial charge < -0.3 is 16.0 Å². The number of hydrogen-bond acceptors (Lipinski definition) is 4. The third-order valence-corrected chi connectivity index (χ3v) is 4.10. The molecule has 1 aliphatic heterocycles. The maximum atomic E-state index is 12.5. The second-order valence-electron chi connectivity index (χ2n) is 4.98. The molecule has 0 bridgehead atoms. The number of piperazine rings is 1. The number of carbonyl (C=O) groups is 2. The Hall–Kier alpha value is -1.84. The van der Waals surface area contributed by atoms with E-state index in [-0.39, 0.29) is 11.8 Å². The maximum absolute atomic E-state index is 12.5. The number of rotatable bonds is 1. The number of carbonyl (C=O) groups excluding carboxylic acids is 2. The Balaban J connectivity index is 2.22. The molecule has 3 N–H and O–H groups in total. The van der Waals surface area contributed by atoms with E-state index in [1.807, 2.05) is 0 Å². The molecule has 0 radical (unpaired) electrons. The molecule has 20 heavy (non-hydrogen) atoms. The van der Waals surface area contributed by atoms with Crippen molar-refractivity contribution in [1.29, 1.82) is 0 Å². The van der Waals surface area contributed by atoms with Gasteiger partial charge in [-0.15, -0.1) is 11.3 Å². The van der Waals surface area contributed by atoms with Crippen LogP contribution in [0.25, 0.3) is 0 Å². The summed E-state index contributed by atoms with van der Waals surface area (Å²) in [5.41, 5.74) is 5.06. The summed E-state index contributed by atoms with van der Waals surface area (Å²) in [4.78, 5) is 26.8. The molecule has 1 aliphatic rings. The summed E-state index contributed by atoms with van der Waals surface area (Å²) in [7, 11) is 0. The minimum Gasteiger partial charge on any atom is -0.352 e. The molecular weight excluding hydrogens is 274 g/mol. The Morgan fingerprint density at radius 2 is 2.35 bits per heavy atom. The van der Waals surface area contributed by atoms with Crippen molar-refractivity contribution in [2.75, 3.05) is 19.6 Å². The van der Waals surface area contributed by atoms with E-state index in [4.69, 9.17) is 5.73 Å². The van der Waals surface area contributed by atoms with Crippen LogP contribution in [0.2, 0.25) is 0 Å². The zero-order valence-electron chi connectivity index (χ0n) is 11.5. The predicted octanol–water partition coefficient (Wildman–Crippen LogP) is 0.409. The number of thiophene rings is 1. The molecule has 1 fully saturated rings. The van der Waals surface area contributed by atoms with E-state index in [2.05, 4.69) is 17.2 Å². The number of hydrogen-bond donors (Lipinski definition) is 2. The van der Waals surface area contributed by atoms with Crippen molar-refractivity contribution in [2.24, 2.45) is 5.73 Å². The summed E-state index contributed by atoms with van der Waals surface area (Å²) in [5.74, 6) is 5.40. The van der Waals surface area contributed by atoms with Crippen molar-refractivity contribution in [3.05, 3.63) is 21.9 Å². The van der Waals surface area contributed by atoms with Crippen LogP contribution >= 0.6 is 11.3 Å². The van der Waals surface area contributed by atoms with Crippen molar-refractivity contribution in [1.82, 2.24) is 10.2 Å². The first-order valence-corrected chi connectivity index (χ1v) is 7.22. The Bertz CT molecular complexity index is 595. The summed E-state index contributed by atoms with van der Waals surface area (Å²) in [6.07, 6.45) is 0. The lowest BCUT2D eigenvalue weighted by Crippen LogP contribution is -2.63. The Morgan fingerprint density at radius 3 is 3.05 bits per heavy atom. The lowest BCUT2D eigenvalue weighted by Gasteiger charge is -2.41. The van der Waals surface area contributed by atoms with Gasteiger partial charge in [-0.2, -0.15) is 0 Å². The topological polar surface area (TPSA) is 75.4 Å². The van der Waals surface area contributed by atoms with Gasteiger partial charge in [-0.3, -0.25) is 9.59 Å².